The fourth-order valence-corrected chi connectivity index (χ4v) is 9.91. The summed E-state index contributed by atoms with van der Waals surface area (Å²) in [7, 11) is 0. The molecule has 0 saturated carbocycles. The Morgan fingerprint density at radius 2 is 0.980 bits per heavy atom. The van der Waals surface area contributed by atoms with E-state index in [0.29, 0.717) is 17.5 Å². The predicted molar refractivity (Wildman–Crippen MR) is 216 cm³/mol. The third-order valence-electron chi connectivity index (χ3n) is 9.86. The van der Waals surface area contributed by atoms with Gasteiger partial charge in [-0.15, -0.1) is 22.7 Å². The zero-order valence-corrected chi connectivity index (χ0v) is 28.7. The summed E-state index contributed by atoms with van der Waals surface area (Å²) in [5.41, 5.74) is 6.46. The van der Waals surface area contributed by atoms with Crippen LogP contribution in [0.25, 0.3) is 102 Å². The Morgan fingerprint density at radius 3 is 1.71 bits per heavy atom. The van der Waals surface area contributed by atoms with Gasteiger partial charge in [-0.05, 0) is 42.5 Å². The van der Waals surface area contributed by atoms with Crippen LogP contribution in [0.15, 0.2) is 158 Å². The molecule has 0 amide bonds. The van der Waals surface area contributed by atoms with Gasteiger partial charge in [-0.1, -0.05) is 115 Å². The quantitative estimate of drug-likeness (QED) is 0.185. The Hall–Kier alpha value is -6.21. The van der Waals surface area contributed by atoms with Gasteiger partial charge in [0.1, 0.15) is 0 Å². The van der Waals surface area contributed by atoms with Crippen LogP contribution in [0.2, 0.25) is 0 Å². The topological polar surface area (TPSA) is 43.6 Å². The van der Waals surface area contributed by atoms with Gasteiger partial charge in [0.05, 0.1) is 21.4 Å². The number of para-hydroxylation sites is 1. The molecule has 4 aromatic heterocycles. The number of benzene rings is 7. The molecule has 11 rings (SSSR count). The summed E-state index contributed by atoms with van der Waals surface area (Å²) in [4.78, 5) is 15.3. The monoisotopic (exact) mass is 686 g/mol. The van der Waals surface area contributed by atoms with Crippen molar-refractivity contribution in [3.8, 4) is 39.9 Å². The van der Waals surface area contributed by atoms with Crippen molar-refractivity contribution >= 4 is 84.8 Å². The minimum absolute atomic E-state index is 0.658. The van der Waals surface area contributed by atoms with E-state index < -0.39 is 0 Å². The lowest BCUT2D eigenvalue weighted by molar-refractivity contribution is 1.08. The number of rotatable bonds is 4. The Kier molecular flexibility index (Phi) is 6.26. The van der Waals surface area contributed by atoms with Crippen LogP contribution in [0.3, 0.4) is 0 Å². The minimum atomic E-state index is 0.658. The largest absolute Gasteiger partial charge is 0.308 e. The van der Waals surface area contributed by atoms with Crippen LogP contribution in [0.4, 0.5) is 0 Å². The molecule has 0 aliphatic rings. The summed E-state index contributed by atoms with van der Waals surface area (Å²) in [6.45, 7) is 0. The zero-order valence-electron chi connectivity index (χ0n) is 27.1. The van der Waals surface area contributed by atoms with Crippen LogP contribution < -0.4 is 0 Å². The van der Waals surface area contributed by atoms with E-state index in [-0.39, 0.29) is 0 Å². The van der Waals surface area contributed by atoms with E-state index >= 15 is 0 Å². The lowest BCUT2D eigenvalue weighted by atomic mass is 10.0. The van der Waals surface area contributed by atoms with Crippen molar-refractivity contribution in [1.29, 1.82) is 0 Å². The van der Waals surface area contributed by atoms with Crippen molar-refractivity contribution in [2.24, 2.45) is 0 Å². The summed E-state index contributed by atoms with van der Waals surface area (Å²) < 4.78 is 7.53. The van der Waals surface area contributed by atoms with Gasteiger partial charge >= 0.3 is 0 Å². The summed E-state index contributed by atoms with van der Waals surface area (Å²) in [6, 6.07) is 55.9. The molecule has 0 atom stereocenters. The summed E-state index contributed by atoms with van der Waals surface area (Å²) in [5, 5.41) is 7.47. The van der Waals surface area contributed by atoms with Crippen LogP contribution >= 0.6 is 22.7 Å². The maximum Gasteiger partial charge on any atom is 0.164 e. The van der Waals surface area contributed by atoms with Crippen LogP contribution in [-0.2, 0) is 0 Å². The van der Waals surface area contributed by atoms with Crippen molar-refractivity contribution in [2.45, 2.75) is 0 Å². The normalized spacial score (nSPS) is 11.9. The van der Waals surface area contributed by atoms with Crippen molar-refractivity contribution in [2.75, 3.05) is 0 Å². The van der Waals surface area contributed by atoms with Gasteiger partial charge in [0, 0.05) is 63.1 Å². The third-order valence-corrected chi connectivity index (χ3v) is 12.2. The van der Waals surface area contributed by atoms with E-state index in [4.69, 9.17) is 15.0 Å². The lowest BCUT2D eigenvalue weighted by Crippen LogP contribution is -2.01. The minimum Gasteiger partial charge on any atom is -0.308 e. The Morgan fingerprint density at radius 1 is 0.392 bits per heavy atom. The molecule has 0 unspecified atom stereocenters. The molecule has 4 heterocycles. The van der Waals surface area contributed by atoms with Crippen LogP contribution in [0, 0.1) is 0 Å². The maximum atomic E-state index is 5.16. The van der Waals surface area contributed by atoms with Crippen LogP contribution in [0.5, 0.6) is 0 Å². The van der Waals surface area contributed by atoms with Crippen LogP contribution in [0.1, 0.15) is 0 Å². The highest BCUT2D eigenvalue weighted by Crippen LogP contribution is 2.46. The molecule has 0 aliphatic heterocycles. The van der Waals surface area contributed by atoms with E-state index in [0.717, 1.165) is 27.8 Å². The van der Waals surface area contributed by atoms with Gasteiger partial charge in [0.2, 0.25) is 0 Å². The standard InChI is InChI=1S/C45H26N4S2/c1-3-13-27(14-4-1)43-46-44(28-15-5-2-6-16-28)48-45(47-43)32-23-24-36(42-41(32)31-19-9-12-22-39(31)51-42)49-35-20-10-7-17-29(35)33-26-40-34(25-37(33)49)30-18-8-11-21-38(30)50-40/h1-26H. The first-order valence-electron chi connectivity index (χ1n) is 16.9. The zero-order chi connectivity index (χ0) is 33.5. The van der Waals surface area contributed by atoms with Gasteiger partial charge in [-0.3, -0.25) is 0 Å². The second kappa shape index (κ2) is 11.2. The first-order valence-corrected chi connectivity index (χ1v) is 18.6. The van der Waals surface area contributed by atoms with E-state index in [1.165, 1.54) is 56.8 Å². The Labute approximate surface area is 300 Å². The Balaban J connectivity index is 1.23. The molecule has 7 aromatic carbocycles. The SMILES string of the molecule is c1ccc(-c2nc(-c3ccccc3)nc(-c3ccc(-n4c5ccccc5c5cc6sc7ccccc7c6cc54)c4sc5ccccc5c34)n2)cc1. The fourth-order valence-electron chi connectivity index (χ4n) is 7.55. The molecule has 0 fully saturated rings. The molecule has 0 N–H and O–H groups in total. The molecular formula is C45H26N4S2. The fraction of sp³-hybridized carbons (Fsp3) is 0. The number of hydrogen-bond donors (Lipinski definition) is 0. The molecule has 0 saturated heterocycles. The van der Waals surface area contributed by atoms with Crippen LogP contribution in [-0.4, -0.2) is 19.5 Å². The summed E-state index contributed by atoms with van der Waals surface area (Å²) in [6.07, 6.45) is 0. The molecule has 4 nitrogen and oxygen atoms in total. The smallest absolute Gasteiger partial charge is 0.164 e. The first kappa shape index (κ1) is 28.6. The van der Waals surface area contributed by atoms with Gasteiger partial charge in [0.15, 0.2) is 17.5 Å². The average molecular weight is 687 g/mol. The van der Waals surface area contributed by atoms with Crippen molar-refractivity contribution in [1.82, 2.24) is 19.5 Å². The summed E-state index contributed by atoms with van der Waals surface area (Å²) >= 11 is 3.70. The lowest BCUT2D eigenvalue weighted by Gasteiger charge is -2.13. The number of hydrogen-bond acceptors (Lipinski definition) is 5. The molecule has 11 aromatic rings. The highest BCUT2D eigenvalue weighted by molar-refractivity contribution is 7.26. The van der Waals surface area contributed by atoms with E-state index in [9.17, 15) is 0 Å². The predicted octanol–water partition coefficient (Wildman–Crippen LogP) is 12.7. The number of fused-ring (bicyclic) bond motifs is 9. The molecule has 0 bridgehead atoms. The van der Waals surface area contributed by atoms with Gasteiger partial charge in [-0.25, -0.2) is 15.0 Å². The molecular weight excluding hydrogens is 661 g/mol. The average Bonchev–Trinajstić information content (AvgIpc) is 3.87. The highest BCUT2D eigenvalue weighted by atomic mass is 32.1. The van der Waals surface area contributed by atoms with Crippen molar-refractivity contribution < 1.29 is 0 Å². The van der Waals surface area contributed by atoms with E-state index in [1.54, 1.807) is 0 Å². The molecule has 51 heavy (non-hydrogen) atoms. The van der Waals surface area contributed by atoms with Gasteiger partial charge in [-0.2, -0.15) is 0 Å². The van der Waals surface area contributed by atoms with E-state index in [1.807, 2.05) is 59.1 Å². The Bertz CT molecular complexity index is 3080. The molecule has 0 aliphatic carbocycles. The number of aromatic nitrogens is 4. The van der Waals surface area contributed by atoms with Gasteiger partial charge in [0.25, 0.3) is 0 Å². The van der Waals surface area contributed by atoms with E-state index in [2.05, 4.69) is 126 Å². The molecule has 238 valence electrons. The number of nitrogens with zero attached hydrogens (tertiary/aromatic N) is 4. The number of thiophene rings is 2. The van der Waals surface area contributed by atoms with Gasteiger partial charge < -0.3 is 4.57 Å². The van der Waals surface area contributed by atoms with Crippen molar-refractivity contribution in [3.05, 3.63) is 158 Å². The summed E-state index contributed by atoms with van der Waals surface area (Å²) in [5.74, 6) is 1.98. The maximum absolute atomic E-state index is 5.16. The highest BCUT2D eigenvalue weighted by Gasteiger charge is 2.22. The molecule has 6 heteroatoms. The second-order valence-electron chi connectivity index (χ2n) is 12.8. The van der Waals surface area contributed by atoms with Crippen molar-refractivity contribution in [3.63, 3.8) is 0 Å². The third kappa shape index (κ3) is 4.40. The second-order valence-corrected chi connectivity index (χ2v) is 14.9. The molecule has 0 radical (unpaired) electrons. The first-order chi connectivity index (χ1) is 25.3. The molecule has 0 spiro atoms.